The van der Waals surface area contributed by atoms with Crippen LogP contribution in [0.15, 0.2) is 0 Å². The van der Waals surface area contributed by atoms with E-state index in [2.05, 4.69) is 17.2 Å². The van der Waals surface area contributed by atoms with Gasteiger partial charge >= 0.3 is 29.6 Å². The maximum Gasteiger partial charge on any atom is 1.00 e. The van der Waals surface area contributed by atoms with Crippen molar-refractivity contribution in [3.05, 3.63) is 0 Å². The van der Waals surface area contributed by atoms with Crippen LogP contribution in [0.25, 0.3) is 0 Å². The van der Waals surface area contributed by atoms with Crippen LogP contribution in [-0.2, 0) is 12.6 Å². The molecule has 0 aromatic rings. The molecular formula is C7H14N3NaS2. The third-order valence-corrected chi connectivity index (χ3v) is 2.37. The second-order valence-electron chi connectivity index (χ2n) is 2.69. The second-order valence-corrected chi connectivity index (χ2v) is 3.72. The molecule has 0 atom stereocenters. The topological polar surface area (TPSA) is 18.5 Å². The zero-order valence-corrected chi connectivity index (χ0v) is 11.9. The maximum absolute atomic E-state index is 4.98. The number of piperazine rings is 1. The molecule has 0 aromatic carbocycles. The summed E-state index contributed by atoms with van der Waals surface area (Å²) in [6.45, 7) is 7.00. The van der Waals surface area contributed by atoms with Gasteiger partial charge in [0.15, 0.2) is 0 Å². The molecule has 0 spiro atoms. The minimum atomic E-state index is 0. The third kappa shape index (κ3) is 4.38. The molecule has 0 aromatic heterocycles. The van der Waals surface area contributed by atoms with Crippen LogP contribution in [0.3, 0.4) is 0 Å². The first-order chi connectivity index (χ1) is 5.75. The molecular weight excluding hydrogens is 213 g/mol. The van der Waals surface area contributed by atoms with Crippen molar-refractivity contribution in [2.24, 2.45) is 0 Å². The molecule has 1 N–H and O–H groups in total. The summed E-state index contributed by atoms with van der Waals surface area (Å²) in [7, 11) is 0. The largest absolute Gasteiger partial charge is 1.00 e. The number of hydrogen-bond acceptors (Lipinski definition) is 4. The van der Waals surface area contributed by atoms with E-state index in [1.54, 1.807) is 0 Å². The van der Waals surface area contributed by atoms with Crippen molar-refractivity contribution in [2.45, 2.75) is 6.92 Å². The van der Waals surface area contributed by atoms with Gasteiger partial charge in [-0.15, -0.1) is 0 Å². The Kier molecular flexibility index (Phi) is 7.92. The Labute approximate surface area is 113 Å². The van der Waals surface area contributed by atoms with Gasteiger partial charge in [0.1, 0.15) is 0 Å². The zero-order valence-electron chi connectivity index (χ0n) is 8.25. The van der Waals surface area contributed by atoms with Crippen molar-refractivity contribution in [3.8, 4) is 0 Å². The Morgan fingerprint density at radius 1 is 1.54 bits per heavy atom. The molecule has 0 unspecified atom stereocenters. The van der Waals surface area contributed by atoms with E-state index in [0.29, 0.717) is 4.32 Å². The fraction of sp³-hybridized carbons (Fsp3) is 0.857. The van der Waals surface area contributed by atoms with E-state index in [9.17, 15) is 0 Å². The van der Waals surface area contributed by atoms with Gasteiger partial charge in [0.25, 0.3) is 0 Å². The van der Waals surface area contributed by atoms with Gasteiger partial charge in [-0.1, -0.05) is 0 Å². The first-order valence-corrected chi connectivity index (χ1v) is 5.01. The second kappa shape index (κ2) is 7.34. The standard InChI is InChI=1S/C7H15N3S2.Na/c1-2-10(7(11)12)9-5-3-8-4-6-9;/h8H,2-6H2,1H3,(H,11,12);/q;+1/p-1. The Bertz CT molecular complexity index is 162. The molecule has 6 heteroatoms. The summed E-state index contributed by atoms with van der Waals surface area (Å²) in [5.74, 6) is 0. The van der Waals surface area contributed by atoms with Crippen LogP contribution in [0.5, 0.6) is 0 Å². The van der Waals surface area contributed by atoms with Crippen LogP contribution in [-0.4, -0.2) is 47.1 Å². The number of rotatable bonds is 2. The predicted molar refractivity (Wildman–Crippen MR) is 56.8 cm³/mol. The fourth-order valence-corrected chi connectivity index (χ4v) is 1.83. The number of hydrazine groups is 1. The van der Waals surface area contributed by atoms with E-state index in [4.69, 9.17) is 24.8 Å². The Hall–Kier alpha value is 1.03. The van der Waals surface area contributed by atoms with E-state index in [-0.39, 0.29) is 29.6 Å². The zero-order chi connectivity index (χ0) is 8.97. The van der Waals surface area contributed by atoms with E-state index in [0.717, 1.165) is 32.7 Å². The summed E-state index contributed by atoms with van der Waals surface area (Å²) < 4.78 is 0.555. The van der Waals surface area contributed by atoms with Gasteiger partial charge in [-0.3, -0.25) is 0 Å². The molecule has 3 nitrogen and oxygen atoms in total. The normalized spacial score (nSPS) is 17.6. The van der Waals surface area contributed by atoms with Crippen LogP contribution in [0, 0.1) is 0 Å². The number of nitrogens with zero attached hydrogens (tertiary/aromatic N) is 2. The van der Waals surface area contributed by atoms with Crippen molar-refractivity contribution >= 4 is 29.2 Å². The van der Waals surface area contributed by atoms with E-state index in [1.807, 2.05) is 5.01 Å². The van der Waals surface area contributed by atoms with Crippen molar-refractivity contribution in [3.63, 3.8) is 0 Å². The molecule has 0 amide bonds. The molecule has 1 aliphatic rings. The van der Waals surface area contributed by atoms with Gasteiger partial charge in [-0.05, 0) is 11.2 Å². The molecule has 1 rings (SSSR count). The molecule has 13 heavy (non-hydrogen) atoms. The molecule has 1 heterocycles. The monoisotopic (exact) mass is 227 g/mol. The fourth-order valence-electron chi connectivity index (χ4n) is 1.34. The van der Waals surface area contributed by atoms with Gasteiger partial charge in [-0.2, -0.15) is 0 Å². The van der Waals surface area contributed by atoms with Crippen LogP contribution in [0.1, 0.15) is 6.92 Å². The molecule has 1 aliphatic heterocycles. The van der Waals surface area contributed by atoms with Crippen molar-refractivity contribution in [2.75, 3.05) is 32.7 Å². The van der Waals surface area contributed by atoms with E-state index < -0.39 is 0 Å². The first kappa shape index (κ1) is 14.0. The van der Waals surface area contributed by atoms with Crippen molar-refractivity contribution < 1.29 is 29.6 Å². The SMILES string of the molecule is CCN(C(=S)[S-])N1CCNCC1.[Na+]. The summed E-state index contributed by atoms with van der Waals surface area (Å²) in [4.78, 5) is 0. The molecule has 0 aliphatic carbocycles. The van der Waals surface area contributed by atoms with Crippen LogP contribution in [0.4, 0.5) is 0 Å². The van der Waals surface area contributed by atoms with Crippen molar-refractivity contribution in [1.82, 2.24) is 15.3 Å². The molecule has 0 bridgehead atoms. The van der Waals surface area contributed by atoms with Gasteiger partial charge in [0, 0.05) is 32.7 Å². The molecule has 1 fully saturated rings. The van der Waals surface area contributed by atoms with Crippen LogP contribution < -0.4 is 34.9 Å². The summed E-state index contributed by atoms with van der Waals surface area (Å²) in [6.07, 6.45) is 0. The maximum atomic E-state index is 4.98. The Balaban J connectivity index is 0.00000144. The Morgan fingerprint density at radius 3 is 2.46 bits per heavy atom. The van der Waals surface area contributed by atoms with Gasteiger partial charge in [0.2, 0.25) is 0 Å². The van der Waals surface area contributed by atoms with Gasteiger partial charge in [0.05, 0.1) is 0 Å². The van der Waals surface area contributed by atoms with Crippen LogP contribution in [0.2, 0.25) is 0 Å². The summed E-state index contributed by atoms with van der Waals surface area (Å²) >= 11 is 9.95. The predicted octanol–water partition coefficient (Wildman–Crippen LogP) is -3.04. The Morgan fingerprint density at radius 2 is 2.08 bits per heavy atom. The summed E-state index contributed by atoms with van der Waals surface area (Å²) in [6, 6.07) is 0. The van der Waals surface area contributed by atoms with Gasteiger partial charge in [-0.25, -0.2) is 5.01 Å². The van der Waals surface area contributed by atoms with Gasteiger partial charge < -0.3 is 35.2 Å². The average Bonchev–Trinajstić information content (AvgIpc) is 2.07. The van der Waals surface area contributed by atoms with Crippen LogP contribution >= 0.6 is 12.2 Å². The van der Waals surface area contributed by atoms with E-state index in [1.165, 1.54) is 0 Å². The molecule has 70 valence electrons. The summed E-state index contributed by atoms with van der Waals surface area (Å²) in [5.41, 5.74) is 0. The summed E-state index contributed by atoms with van der Waals surface area (Å²) in [5, 5.41) is 7.49. The number of hydrogen-bond donors (Lipinski definition) is 1. The molecule has 0 radical (unpaired) electrons. The molecule has 0 saturated carbocycles. The average molecular weight is 227 g/mol. The first-order valence-electron chi connectivity index (χ1n) is 4.19. The quantitative estimate of drug-likeness (QED) is 0.306. The number of thiocarbonyl (C=S) groups is 1. The van der Waals surface area contributed by atoms with E-state index >= 15 is 0 Å². The molecule has 1 saturated heterocycles. The minimum Gasteiger partial charge on any atom is -0.410 e. The minimum absolute atomic E-state index is 0. The smallest absolute Gasteiger partial charge is 0.410 e. The van der Waals surface area contributed by atoms with Crippen molar-refractivity contribution in [1.29, 1.82) is 0 Å². The number of nitrogens with one attached hydrogen (secondary N) is 1. The third-order valence-electron chi connectivity index (χ3n) is 1.95.